The number of rotatable bonds is 4. The maximum Gasteiger partial charge on any atom is 0.310 e. The molecular weight excluding hydrogens is 300 g/mol. The van der Waals surface area contributed by atoms with Crippen LogP contribution in [0.1, 0.15) is 12.8 Å². The van der Waals surface area contributed by atoms with E-state index in [9.17, 15) is 10.1 Å². The van der Waals surface area contributed by atoms with E-state index < -0.39 is 15.8 Å². The number of nitrogens with two attached hydrogens (primary N) is 1. The first-order valence-corrected chi connectivity index (χ1v) is 7.58. The number of thiol groups is 1. The number of benzene rings is 1. The summed E-state index contributed by atoms with van der Waals surface area (Å²) in [7, 11) is -2.62. The van der Waals surface area contributed by atoms with Crippen LogP contribution in [-0.4, -0.2) is 33.2 Å². The van der Waals surface area contributed by atoms with Crippen molar-refractivity contribution in [2.75, 3.05) is 19.8 Å². The molecule has 8 nitrogen and oxygen atoms in total. The Bertz CT molecular complexity index is 520. The third kappa shape index (κ3) is 7.02. The number of hydrogen-bond donors (Lipinski definition) is 2. The summed E-state index contributed by atoms with van der Waals surface area (Å²) in [5.41, 5.74) is 0.0274. The van der Waals surface area contributed by atoms with Crippen LogP contribution < -0.4 is 9.88 Å². The van der Waals surface area contributed by atoms with Gasteiger partial charge in [0.2, 0.25) is 0 Å². The van der Waals surface area contributed by atoms with Crippen LogP contribution in [0.2, 0.25) is 0 Å². The van der Waals surface area contributed by atoms with Gasteiger partial charge in [-0.15, -0.1) is 0 Å². The summed E-state index contributed by atoms with van der Waals surface area (Å²) in [6.45, 7) is 2.03. The smallest absolute Gasteiger partial charge is 0.310 e. The van der Waals surface area contributed by atoms with E-state index in [1.54, 1.807) is 18.2 Å². The molecule has 0 spiro atoms. The van der Waals surface area contributed by atoms with Gasteiger partial charge in [0.15, 0.2) is 16.6 Å². The molecule has 1 aromatic rings. The van der Waals surface area contributed by atoms with Gasteiger partial charge in [-0.2, -0.15) is 0 Å². The lowest BCUT2D eigenvalue weighted by atomic mass is 10.0. The summed E-state index contributed by atoms with van der Waals surface area (Å²) < 4.78 is 28.4. The molecule has 2 rings (SSSR count). The van der Waals surface area contributed by atoms with Crippen molar-refractivity contribution in [3.8, 4) is 5.75 Å². The van der Waals surface area contributed by atoms with Gasteiger partial charge in [0.25, 0.3) is 0 Å². The molecule has 0 aromatic heterocycles. The van der Waals surface area contributed by atoms with E-state index in [0.29, 0.717) is 18.3 Å². The Balaban J connectivity index is 0.000000491. The summed E-state index contributed by atoms with van der Waals surface area (Å²) in [6, 6.07) is 6.47. The molecule has 1 aliphatic heterocycles. The first-order valence-electron chi connectivity index (χ1n) is 6.33. The standard InChI is InChI=1S/C12H15NO4.H3NO2S/c14-13(15)11-3-1-2-4-12(11)17-9-10-5-7-16-8-6-10;1-4(2)3/h1-4,10H,5-9H2;4H,(H2,1,2,3). The van der Waals surface area contributed by atoms with Crippen molar-refractivity contribution >= 4 is 16.6 Å². The van der Waals surface area contributed by atoms with Crippen LogP contribution >= 0.6 is 0 Å². The van der Waals surface area contributed by atoms with Gasteiger partial charge in [-0.05, 0) is 24.8 Å². The molecule has 2 N–H and O–H groups in total. The van der Waals surface area contributed by atoms with Crippen molar-refractivity contribution in [3.05, 3.63) is 34.4 Å². The Hall–Kier alpha value is -1.71. The lowest BCUT2D eigenvalue weighted by molar-refractivity contribution is -0.385. The summed E-state index contributed by atoms with van der Waals surface area (Å²) in [4.78, 5) is 10.4. The van der Waals surface area contributed by atoms with Crippen molar-refractivity contribution in [1.29, 1.82) is 0 Å². The molecule has 0 aliphatic carbocycles. The van der Waals surface area contributed by atoms with Gasteiger partial charge in [-0.3, -0.25) is 10.1 Å². The van der Waals surface area contributed by atoms with Gasteiger partial charge in [0.05, 0.1) is 11.5 Å². The highest BCUT2D eigenvalue weighted by atomic mass is 32.2. The van der Waals surface area contributed by atoms with Crippen LogP contribution in [0.3, 0.4) is 0 Å². The van der Waals surface area contributed by atoms with Gasteiger partial charge >= 0.3 is 5.69 Å². The molecule has 1 aliphatic rings. The highest BCUT2D eigenvalue weighted by Gasteiger charge is 2.18. The van der Waals surface area contributed by atoms with Crippen molar-refractivity contribution < 1.29 is 22.8 Å². The third-order valence-electron chi connectivity index (χ3n) is 2.88. The quantitative estimate of drug-likeness (QED) is 0.482. The molecule has 9 heteroatoms. The van der Waals surface area contributed by atoms with Crippen molar-refractivity contribution in [3.63, 3.8) is 0 Å². The molecule has 0 saturated carbocycles. The van der Waals surface area contributed by atoms with Crippen LogP contribution in [0.25, 0.3) is 0 Å². The number of para-hydroxylation sites is 2. The molecule has 0 radical (unpaired) electrons. The zero-order valence-corrected chi connectivity index (χ0v) is 12.2. The molecule has 1 fully saturated rings. The van der Waals surface area contributed by atoms with Crippen LogP contribution in [0.15, 0.2) is 24.3 Å². The van der Waals surface area contributed by atoms with Gasteiger partial charge in [0.1, 0.15) is 0 Å². The minimum absolute atomic E-state index is 0.0274. The molecule has 1 heterocycles. The molecule has 1 saturated heterocycles. The molecule has 0 bridgehead atoms. The second kappa shape index (κ2) is 9.27. The highest BCUT2D eigenvalue weighted by molar-refractivity contribution is 7.69. The fourth-order valence-electron chi connectivity index (χ4n) is 1.85. The molecule has 0 amide bonds. The summed E-state index contributed by atoms with van der Waals surface area (Å²) in [5.74, 6) is 0.785. The Labute approximate surface area is 124 Å². The third-order valence-corrected chi connectivity index (χ3v) is 2.88. The molecule has 1 aromatic carbocycles. The van der Waals surface area contributed by atoms with Crippen molar-refractivity contribution in [1.82, 2.24) is 0 Å². The minimum Gasteiger partial charge on any atom is -0.487 e. The fourth-order valence-corrected chi connectivity index (χ4v) is 1.85. The number of hydrogen-bond acceptors (Lipinski definition) is 6. The molecular formula is C12H18N2O6S. The van der Waals surface area contributed by atoms with Crippen LogP contribution in [-0.2, 0) is 15.6 Å². The first kappa shape index (κ1) is 17.3. The van der Waals surface area contributed by atoms with Gasteiger partial charge in [-0.1, -0.05) is 12.1 Å². The highest BCUT2D eigenvalue weighted by Crippen LogP contribution is 2.27. The second-order valence-electron chi connectivity index (χ2n) is 4.38. The normalized spacial score (nSPS) is 15.1. The van der Waals surface area contributed by atoms with Crippen LogP contribution in [0.5, 0.6) is 5.75 Å². The first-order chi connectivity index (χ1) is 10.0. The average Bonchev–Trinajstić information content (AvgIpc) is 2.46. The van der Waals surface area contributed by atoms with Crippen molar-refractivity contribution in [2.45, 2.75) is 12.8 Å². The van der Waals surface area contributed by atoms with E-state index in [4.69, 9.17) is 17.9 Å². The second-order valence-corrected chi connectivity index (χ2v) is 4.95. The maximum absolute atomic E-state index is 10.8. The fraction of sp³-hybridized carbons (Fsp3) is 0.500. The Morgan fingerprint density at radius 1 is 1.33 bits per heavy atom. The SMILES string of the molecule is N[SH](=O)=O.O=[N+]([O-])c1ccccc1OCC1CCOCC1. The lowest BCUT2D eigenvalue weighted by Crippen LogP contribution is -2.21. The monoisotopic (exact) mass is 318 g/mol. The Kier molecular flexibility index (Phi) is 7.65. The van der Waals surface area contributed by atoms with Crippen LogP contribution in [0.4, 0.5) is 5.69 Å². The van der Waals surface area contributed by atoms with Crippen LogP contribution in [0, 0.1) is 16.0 Å². The predicted molar refractivity (Wildman–Crippen MR) is 76.6 cm³/mol. The Morgan fingerprint density at radius 2 is 1.90 bits per heavy atom. The predicted octanol–water partition coefficient (Wildman–Crippen LogP) is 0.872. The van der Waals surface area contributed by atoms with E-state index in [1.807, 2.05) is 0 Å². The van der Waals surface area contributed by atoms with E-state index in [-0.39, 0.29) is 5.69 Å². The van der Waals surface area contributed by atoms with Gasteiger partial charge in [0, 0.05) is 19.3 Å². The van der Waals surface area contributed by atoms with E-state index >= 15 is 0 Å². The maximum atomic E-state index is 10.8. The number of nitrogens with zero attached hydrogens (tertiary/aromatic N) is 1. The van der Waals surface area contributed by atoms with E-state index in [0.717, 1.165) is 26.1 Å². The largest absolute Gasteiger partial charge is 0.487 e. The van der Waals surface area contributed by atoms with E-state index in [1.165, 1.54) is 6.07 Å². The van der Waals surface area contributed by atoms with E-state index in [2.05, 4.69) is 5.14 Å². The summed E-state index contributed by atoms with van der Waals surface area (Å²) in [6.07, 6.45) is 1.92. The molecule has 0 unspecified atom stereocenters. The molecule has 21 heavy (non-hydrogen) atoms. The van der Waals surface area contributed by atoms with Crippen molar-refractivity contribution in [2.24, 2.45) is 11.1 Å². The number of ether oxygens (including phenoxy) is 2. The number of nitro groups is 1. The molecule has 118 valence electrons. The van der Waals surface area contributed by atoms with Gasteiger partial charge in [-0.25, -0.2) is 13.6 Å². The lowest BCUT2D eigenvalue weighted by Gasteiger charge is -2.21. The minimum atomic E-state index is -2.62. The topological polar surface area (TPSA) is 122 Å². The van der Waals surface area contributed by atoms with Gasteiger partial charge < -0.3 is 9.47 Å². The molecule has 0 atom stereocenters. The summed E-state index contributed by atoms with van der Waals surface area (Å²) >= 11 is 0. The zero-order chi connectivity index (χ0) is 15.7. The summed E-state index contributed by atoms with van der Waals surface area (Å²) in [5, 5.41) is 14.8. The zero-order valence-electron chi connectivity index (χ0n) is 11.3. The number of nitro benzene ring substituents is 1. The average molecular weight is 318 g/mol. The Morgan fingerprint density at radius 3 is 2.48 bits per heavy atom.